The molecular weight excluding hydrogens is 454 g/mol. The van der Waals surface area contributed by atoms with Gasteiger partial charge in [0.15, 0.2) is 0 Å². The van der Waals surface area contributed by atoms with Gasteiger partial charge in [0.1, 0.15) is 0 Å². The van der Waals surface area contributed by atoms with Crippen molar-refractivity contribution in [2.24, 2.45) is 0 Å². The highest BCUT2D eigenvalue weighted by molar-refractivity contribution is 6.07. The van der Waals surface area contributed by atoms with E-state index in [9.17, 15) is 19.7 Å². The number of hydrogen-bond acceptors (Lipinski definition) is 4. The highest BCUT2D eigenvalue weighted by Gasteiger charge is 2.38. The zero-order valence-electron chi connectivity index (χ0n) is 20.7. The Balaban J connectivity index is 1.77. The van der Waals surface area contributed by atoms with Gasteiger partial charge in [0.2, 0.25) is 5.91 Å². The largest absolute Gasteiger partial charge is 0.309 e. The summed E-state index contributed by atoms with van der Waals surface area (Å²) in [6, 6.07) is 22.5. The second-order valence-corrected chi connectivity index (χ2v) is 9.20. The molecule has 0 spiro atoms. The van der Waals surface area contributed by atoms with Gasteiger partial charge in [-0.3, -0.25) is 19.7 Å². The Bertz CT molecular complexity index is 1240. The number of nitro benzene ring substituents is 1. The molecule has 0 unspecified atom stereocenters. The van der Waals surface area contributed by atoms with Crippen LogP contribution in [-0.4, -0.2) is 22.8 Å². The van der Waals surface area contributed by atoms with Gasteiger partial charge in [0.05, 0.1) is 11.0 Å². The molecule has 1 aliphatic rings. The summed E-state index contributed by atoms with van der Waals surface area (Å²) >= 11 is 0. The fraction of sp³-hybridized carbons (Fsp3) is 0.310. The van der Waals surface area contributed by atoms with Crippen molar-refractivity contribution in [2.75, 3.05) is 9.80 Å². The molecule has 0 fully saturated rings. The minimum atomic E-state index is -0.496. The normalized spacial score (nSPS) is 16.8. The number of benzene rings is 3. The predicted octanol–water partition coefficient (Wildman–Crippen LogP) is 6.69. The van der Waals surface area contributed by atoms with Crippen molar-refractivity contribution in [3.63, 3.8) is 0 Å². The maximum absolute atomic E-state index is 13.9. The Morgan fingerprint density at radius 2 is 1.72 bits per heavy atom. The molecule has 0 saturated heterocycles. The van der Waals surface area contributed by atoms with Gasteiger partial charge in [-0.2, -0.15) is 0 Å². The highest BCUT2D eigenvalue weighted by atomic mass is 16.6. The molecule has 2 amide bonds. The second-order valence-electron chi connectivity index (χ2n) is 9.20. The molecule has 1 heterocycles. The van der Waals surface area contributed by atoms with Crippen molar-refractivity contribution in [2.45, 2.75) is 58.0 Å². The van der Waals surface area contributed by atoms with E-state index >= 15 is 0 Å². The van der Waals surface area contributed by atoms with E-state index in [1.54, 1.807) is 11.0 Å². The van der Waals surface area contributed by atoms with Crippen LogP contribution in [0.5, 0.6) is 0 Å². The molecule has 186 valence electrons. The van der Waals surface area contributed by atoms with Gasteiger partial charge in [-0.25, -0.2) is 0 Å². The quantitative estimate of drug-likeness (QED) is 0.202. The monoisotopic (exact) mass is 485 g/mol. The van der Waals surface area contributed by atoms with Crippen molar-refractivity contribution in [3.05, 3.63) is 100 Å². The number of nitro groups is 1. The summed E-state index contributed by atoms with van der Waals surface area (Å²) in [5.74, 6) is -0.224. The third-order valence-electron chi connectivity index (χ3n) is 6.69. The van der Waals surface area contributed by atoms with E-state index in [0.717, 1.165) is 30.5 Å². The van der Waals surface area contributed by atoms with E-state index in [-0.39, 0.29) is 35.1 Å². The number of unbranched alkanes of at least 4 members (excludes halogenated alkanes) is 2. The van der Waals surface area contributed by atoms with E-state index in [2.05, 4.69) is 6.92 Å². The molecule has 0 bridgehead atoms. The molecule has 0 aliphatic carbocycles. The Kier molecular flexibility index (Phi) is 7.78. The van der Waals surface area contributed by atoms with E-state index in [0.29, 0.717) is 18.5 Å². The smallest absolute Gasteiger partial charge is 0.270 e. The molecule has 3 aromatic carbocycles. The fourth-order valence-corrected chi connectivity index (χ4v) is 4.97. The summed E-state index contributed by atoms with van der Waals surface area (Å²) in [6.45, 7) is 4.13. The molecule has 0 aromatic heterocycles. The second kappa shape index (κ2) is 11.2. The average molecular weight is 486 g/mol. The number of amides is 2. The predicted molar refractivity (Wildman–Crippen MR) is 141 cm³/mol. The summed E-state index contributed by atoms with van der Waals surface area (Å²) in [5.41, 5.74) is 2.52. The molecule has 0 saturated carbocycles. The van der Waals surface area contributed by atoms with Crippen LogP contribution >= 0.6 is 0 Å². The molecular formula is C29H31N3O4. The fourth-order valence-electron chi connectivity index (χ4n) is 4.97. The molecule has 1 aliphatic heterocycles. The van der Waals surface area contributed by atoms with Crippen molar-refractivity contribution < 1.29 is 14.5 Å². The summed E-state index contributed by atoms with van der Waals surface area (Å²) in [4.78, 5) is 41.6. The van der Waals surface area contributed by atoms with Crippen LogP contribution in [0.25, 0.3) is 0 Å². The minimum absolute atomic E-state index is 0.0955. The number of carbonyl (C=O) groups excluding carboxylic acids is 2. The Morgan fingerprint density at radius 3 is 2.44 bits per heavy atom. The summed E-state index contributed by atoms with van der Waals surface area (Å²) < 4.78 is 0. The lowest BCUT2D eigenvalue weighted by molar-refractivity contribution is -0.384. The number of hydrogen-bond donors (Lipinski definition) is 0. The number of fused-ring (bicyclic) bond motifs is 1. The van der Waals surface area contributed by atoms with Crippen molar-refractivity contribution in [1.82, 2.24) is 0 Å². The van der Waals surface area contributed by atoms with E-state index in [4.69, 9.17) is 0 Å². The Morgan fingerprint density at radius 1 is 1.00 bits per heavy atom. The lowest BCUT2D eigenvalue weighted by Gasteiger charge is -2.43. The SMILES string of the molecule is CCCCCC(=O)N1c2ccccc2[C@@H](N(C(=O)c2cccc([N+](=O)[O-])c2)c2ccccc2)C[C@@H]1C. The van der Waals surface area contributed by atoms with Crippen LogP contribution in [0, 0.1) is 10.1 Å². The van der Waals surface area contributed by atoms with Gasteiger partial charge in [0.25, 0.3) is 11.6 Å². The van der Waals surface area contributed by atoms with Gasteiger partial charge in [-0.05, 0) is 49.6 Å². The molecule has 0 radical (unpaired) electrons. The van der Waals surface area contributed by atoms with E-state index in [1.807, 2.05) is 66.4 Å². The van der Waals surface area contributed by atoms with Crippen LogP contribution < -0.4 is 9.80 Å². The number of non-ortho nitro benzene ring substituents is 1. The lowest BCUT2D eigenvalue weighted by atomic mass is 9.89. The first-order valence-electron chi connectivity index (χ1n) is 12.5. The first-order valence-corrected chi connectivity index (χ1v) is 12.5. The zero-order valence-corrected chi connectivity index (χ0v) is 20.7. The van der Waals surface area contributed by atoms with Crippen LogP contribution in [0.4, 0.5) is 17.1 Å². The molecule has 2 atom stereocenters. The van der Waals surface area contributed by atoms with Crippen molar-refractivity contribution in [3.8, 4) is 0 Å². The first-order chi connectivity index (χ1) is 17.4. The average Bonchev–Trinajstić information content (AvgIpc) is 2.89. The Labute approximate surface area is 211 Å². The van der Waals surface area contributed by atoms with Crippen molar-refractivity contribution in [1.29, 1.82) is 0 Å². The number of para-hydroxylation sites is 2. The topological polar surface area (TPSA) is 83.8 Å². The minimum Gasteiger partial charge on any atom is -0.309 e. The van der Waals surface area contributed by atoms with Crippen LogP contribution in [0.1, 0.15) is 67.9 Å². The summed E-state index contributed by atoms with van der Waals surface area (Å²) in [6.07, 6.45) is 3.95. The Hall–Kier alpha value is -4.00. The molecule has 0 N–H and O–H groups in total. The third-order valence-corrected chi connectivity index (χ3v) is 6.69. The van der Waals surface area contributed by atoms with Crippen LogP contribution in [0.3, 0.4) is 0 Å². The number of nitrogens with zero attached hydrogens (tertiary/aromatic N) is 3. The number of rotatable bonds is 8. The summed E-state index contributed by atoms with van der Waals surface area (Å²) in [7, 11) is 0. The highest BCUT2D eigenvalue weighted by Crippen LogP contribution is 2.43. The van der Waals surface area contributed by atoms with Gasteiger partial charge in [-0.1, -0.05) is 62.2 Å². The van der Waals surface area contributed by atoms with Gasteiger partial charge in [-0.15, -0.1) is 0 Å². The van der Waals surface area contributed by atoms with Crippen LogP contribution in [0.15, 0.2) is 78.9 Å². The van der Waals surface area contributed by atoms with E-state index < -0.39 is 4.92 Å². The van der Waals surface area contributed by atoms with Gasteiger partial charge in [0, 0.05) is 41.5 Å². The van der Waals surface area contributed by atoms with Crippen molar-refractivity contribution >= 4 is 28.9 Å². The molecule has 4 rings (SSSR count). The van der Waals surface area contributed by atoms with E-state index in [1.165, 1.54) is 18.2 Å². The molecule has 36 heavy (non-hydrogen) atoms. The standard InChI is InChI=1S/C29H31N3O4/c1-3-4-6-18-28(33)30-21(2)19-27(25-16-9-10-17-26(25)30)31(23-13-7-5-8-14-23)29(34)22-12-11-15-24(20-22)32(35)36/h5,7-17,20-21,27H,3-4,6,18-19H2,1-2H3/t21-,27-/m0/s1. The molecule has 3 aromatic rings. The number of carbonyl (C=O) groups is 2. The molecule has 7 heteroatoms. The maximum atomic E-state index is 13.9. The number of anilines is 2. The van der Waals surface area contributed by atoms with Gasteiger partial charge >= 0.3 is 0 Å². The maximum Gasteiger partial charge on any atom is 0.270 e. The first kappa shape index (κ1) is 25.1. The lowest BCUT2D eigenvalue weighted by Crippen LogP contribution is -2.47. The van der Waals surface area contributed by atoms with Crippen LogP contribution in [-0.2, 0) is 4.79 Å². The zero-order chi connectivity index (χ0) is 25.7. The van der Waals surface area contributed by atoms with Gasteiger partial charge < -0.3 is 9.80 Å². The third kappa shape index (κ3) is 5.15. The molecule has 7 nitrogen and oxygen atoms in total. The van der Waals surface area contributed by atoms with Crippen LogP contribution in [0.2, 0.25) is 0 Å². The summed E-state index contributed by atoms with van der Waals surface area (Å²) in [5, 5.41) is 11.4.